The SMILES string of the molecule is Cl.Clc1ccccc1Cc1noc(CC2CCCN2)n1. The summed E-state index contributed by atoms with van der Waals surface area (Å²) in [6.45, 7) is 1.09. The van der Waals surface area contributed by atoms with E-state index in [0.717, 1.165) is 23.6 Å². The second-order valence-corrected chi connectivity index (χ2v) is 5.28. The van der Waals surface area contributed by atoms with Crippen LogP contribution in [-0.4, -0.2) is 22.7 Å². The molecule has 6 heteroatoms. The largest absolute Gasteiger partial charge is 0.339 e. The summed E-state index contributed by atoms with van der Waals surface area (Å²) >= 11 is 6.12. The Morgan fingerprint density at radius 2 is 2.20 bits per heavy atom. The molecule has 0 bridgehead atoms. The Morgan fingerprint density at radius 1 is 1.35 bits per heavy atom. The van der Waals surface area contributed by atoms with E-state index in [9.17, 15) is 0 Å². The van der Waals surface area contributed by atoms with Gasteiger partial charge in [0.1, 0.15) is 0 Å². The van der Waals surface area contributed by atoms with E-state index in [1.807, 2.05) is 24.3 Å². The Bertz CT molecular complexity index is 553. The Hall–Kier alpha value is -1.10. The molecule has 1 aliphatic rings. The summed E-state index contributed by atoms with van der Waals surface area (Å²) in [5.74, 6) is 1.41. The van der Waals surface area contributed by atoms with E-state index in [0.29, 0.717) is 24.2 Å². The third kappa shape index (κ3) is 3.72. The molecule has 108 valence electrons. The standard InChI is InChI=1S/C14H16ClN3O.ClH/c15-12-6-2-1-4-10(12)8-13-17-14(19-18-13)9-11-5-3-7-16-11;/h1-2,4,6,11,16H,3,5,7-9H2;1H. The predicted molar refractivity (Wildman–Crippen MR) is 80.5 cm³/mol. The molecule has 2 heterocycles. The smallest absolute Gasteiger partial charge is 0.228 e. The summed E-state index contributed by atoms with van der Waals surface area (Å²) < 4.78 is 5.29. The predicted octanol–water partition coefficient (Wildman–Crippen LogP) is 3.03. The molecule has 1 fully saturated rings. The van der Waals surface area contributed by atoms with Gasteiger partial charge < -0.3 is 9.84 Å². The van der Waals surface area contributed by atoms with Gasteiger partial charge in [0.15, 0.2) is 5.82 Å². The fourth-order valence-corrected chi connectivity index (χ4v) is 2.60. The molecule has 0 saturated carbocycles. The van der Waals surface area contributed by atoms with Gasteiger partial charge in [-0.2, -0.15) is 4.98 Å². The zero-order valence-corrected chi connectivity index (χ0v) is 12.6. The number of aromatic nitrogens is 2. The third-order valence-corrected chi connectivity index (χ3v) is 3.77. The summed E-state index contributed by atoms with van der Waals surface area (Å²) in [5.41, 5.74) is 1.02. The average Bonchev–Trinajstić information content (AvgIpc) is 3.05. The van der Waals surface area contributed by atoms with Crippen LogP contribution in [0.15, 0.2) is 28.8 Å². The number of hydrogen-bond acceptors (Lipinski definition) is 4. The van der Waals surface area contributed by atoms with E-state index in [4.69, 9.17) is 16.1 Å². The number of nitrogens with zero attached hydrogens (tertiary/aromatic N) is 2. The first-order chi connectivity index (χ1) is 9.31. The summed E-state index contributed by atoms with van der Waals surface area (Å²) in [4.78, 5) is 4.43. The van der Waals surface area contributed by atoms with Crippen LogP contribution in [-0.2, 0) is 12.8 Å². The van der Waals surface area contributed by atoms with Crippen LogP contribution in [0.5, 0.6) is 0 Å². The van der Waals surface area contributed by atoms with E-state index in [1.165, 1.54) is 12.8 Å². The molecule has 1 aromatic carbocycles. The van der Waals surface area contributed by atoms with Crippen molar-refractivity contribution in [2.45, 2.75) is 31.7 Å². The van der Waals surface area contributed by atoms with Crippen LogP contribution in [0.3, 0.4) is 0 Å². The van der Waals surface area contributed by atoms with Crippen molar-refractivity contribution in [3.63, 3.8) is 0 Å². The first kappa shape index (κ1) is 15.3. The minimum Gasteiger partial charge on any atom is -0.339 e. The van der Waals surface area contributed by atoms with Crippen molar-refractivity contribution >= 4 is 24.0 Å². The van der Waals surface area contributed by atoms with Crippen molar-refractivity contribution in [3.05, 3.63) is 46.6 Å². The van der Waals surface area contributed by atoms with E-state index in [1.54, 1.807) is 0 Å². The molecule has 0 spiro atoms. The summed E-state index contributed by atoms with van der Waals surface area (Å²) in [6.07, 6.45) is 3.84. The number of nitrogens with one attached hydrogen (secondary N) is 1. The lowest BCUT2D eigenvalue weighted by molar-refractivity contribution is 0.360. The molecule has 20 heavy (non-hydrogen) atoms. The maximum atomic E-state index is 6.12. The molecule has 0 amide bonds. The highest BCUT2D eigenvalue weighted by molar-refractivity contribution is 6.31. The summed E-state index contributed by atoms with van der Waals surface area (Å²) in [5, 5.41) is 8.19. The molecule has 1 N–H and O–H groups in total. The first-order valence-electron chi connectivity index (χ1n) is 6.59. The molecule has 3 rings (SSSR count). The van der Waals surface area contributed by atoms with Gasteiger partial charge in [-0.3, -0.25) is 0 Å². The molecule has 1 unspecified atom stereocenters. The molecule has 1 aliphatic heterocycles. The van der Waals surface area contributed by atoms with E-state index >= 15 is 0 Å². The fourth-order valence-electron chi connectivity index (χ4n) is 2.40. The number of halogens is 2. The molecule has 1 saturated heterocycles. The molecule has 2 aromatic rings. The molecular formula is C14H17Cl2N3O. The van der Waals surface area contributed by atoms with Crippen LogP contribution in [0.2, 0.25) is 5.02 Å². The lowest BCUT2D eigenvalue weighted by Crippen LogP contribution is -2.23. The lowest BCUT2D eigenvalue weighted by Gasteiger charge is -2.04. The van der Waals surface area contributed by atoms with Crippen LogP contribution in [0.1, 0.15) is 30.1 Å². The molecule has 1 atom stereocenters. The molecule has 4 nitrogen and oxygen atoms in total. The van der Waals surface area contributed by atoms with Gasteiger partial charge >= 0.3 is 0 Å². The third-order valence-electron chi connectivity index (χ3n) is 3.40. The number of rotatable bonds is 4. The van der Waals surface area contributed by atoms with Crippen molar-refractivity contribution in [3.8, 4) is 0 Å². The highest BCUT2D eigenvalue weighted by Gasteiger charge is 2.18. The molecule has 0 radical (unpaired) electrons. The monoisotopic (exact) mass is 313 g/mol. The topological polar surface area (TPSA) is 51.0 Å². The van der Waals surface area contributed by atoms with Gasteiger partial charge in [0.05, 0.1) is 0 Å². The van der Waals surface area contributed by atoms with Crippen molar-refractivity contribution in [1.82, 2.24) is 15.5 Å². The lowest BCUT2D eigenvalue weighted by atomic mass is 10.1. The highest BCUT2D eigenvalue weighted by Crippen LogP contribution is 2.18. The number of benzene rings is 1. The van der Waals surface area contributed by atoms with E-state index < -0.39 is 0 Å². The highest BCUT2D eigenvalue weighted by atomic mass is 35.5. The van der Waals surface area contributed by atoms with Crippen LogP contribution >= 0.6 is 24.0 Å². The van der Waals surface area contributed by atoms with Crippen molar-refractivity contribution < 1.29 is 4.52 Å². The van der Waals surface area contributed by atoms with Crippen molar-refractivity contribution in [2.75, 3.05) is 6.54 Å². The first-order valence-corrected chi connectivity index (χ1v) is 6.97. The zero-order valence-electron chi connectivity index (χ0n) is 11.0. The Labute approximate surface area is 129 Å². The summed E-state index contributed by atoms with van der Waals surface area (Å²) in [7, 11) is 0. The van der Waals surface area contributed by atoms with Gasteiger partial charge in [-0.05, 0) is 31.0 Å². The molecular weight excluding hydrogens is 297 g/mol. The Balaban J connectivity index is 0.00000147. The zero-order chi connectivity index (χ0) is 13.1. The molecule has 0 aliphatic carbocycles. The maximum Gasteiger partial charge on any atom is 0.228 e. The average molecular weight is 314 g/mol. The normalized spacial score (nSPS) is 17.9. The number of hydrogen-bond donors (Lipinski definition) is 1. The van der Waals surface area contributed by atoms with E-state index in [-0.39, 0.29) is 12.4 Å². The second-order valence-electron chi connectivity index (χ2n) is 4.87. The van der Waals surface area contributed by atoms with Gasteiger partial charge in [0.25, 0.3) is 0 Å². The fraction of sp³-hybridized carbons (Fsp3) is 0.429. The second kappa shape index (κ2) is 7.07. The minimum atomic E-state index is 0. The van der Waals surface area contributed by atoms with Gasteiger partial charge in [0, 0.05) is 23.9 Å². The molecule has 1 aromatic heterocycles. The van der Waals surface area contributed by atoms with Crippen LogP contribution in [0.4, 0.5) is 0 Å². The van der Waals surface area contributed by atoms with E-state index in [2.05, 4.69) is 15.5 Å². The Morgan fingerprint density at radius 3 is 2.95 bits per heavy atom. The summed E-state index contributed by atoms with van der Waals surface area (Å²) in [6, 6.07) is 8.22. The van der Waals surface area contributed by atoms with Crippen LogP contribution in [0.25, 0.3) is 0 Å². The van der Waals surface area contributed by atoms with Crippen LogP contribution in [0, 0.1) is 0 Å². The quantitative estimate of drug-likeness (QED) is 0.942. The van der Waals surface area contributed by atoms with Gasteiger partial charge in [0.2, 0.25) is 5.89 Å². The van der Waals surface area contributed by atoms with Gasteiger partial charge in [-0.1, -0.05) is 35.0 Å². The van der Waals surface area contributed by atoms with Gasteiger partial charge in [-0.25, -0.2) is 0 Å². The minimum absolute atomic E-state index is 0. The maximum absolute atomic E-state index is 6.12. The van der Waals surface area contributed by atoms with Crippen LogP contribution < -0.4 is 5.32 Å². The Kier molecular flexibility index (Phi) is 5.40. The van der Waals surface area contributed by atoms with Crippen molar-refractivity contribution in [2.24, 2.45) is 0 Å². The van der Waals surface area contributed by atoms with Gasteiger partial charge in [-0.15, -0.1) is 12.4 Å². The van der Waals surface area contributed by atoms with Crippen molar-refractivity contribution in [1.29, 1.82) is 0 Å².